The Kier molecular flexibility index (Phi) is 7.29. The van der Waals surface area contributed by atoms with Crippen LogP contribution < -0.4 is 21.1 Å². The van der Waals surface area contributed by atoms with Crippen molar-refractivity contribution < 1.29 is 19.4 Å². The van der Waals surface area contributed by atoms with E-state index in [0.717, 1.165) is 32.1 Å². The second kappa shape index (κ2) is 9.93. The Labute approximate surface area is 207 Å². The average Bonchev–Trinajstić information content (AvgIpc) is 3.18. The molecule has 0 aromatic carbocycles. The van der Waals surface area contributed by atoms with Crippen LogP contribution in [-0.2, 0) is 4.79 Å². The SMILES string of the molecule is CC(C)COc1c(C(=O)NC2C3CC4CC2CC(O)(C4)C3)cnn1C=CC(C)(C)C(=O)NCCN. The zero-order valence-corrected chi connectivity index (χ0v) is 21.4. The fourth-order valence-corrected chi connectivity index (χ4v) is 6.19. The minimum atomic E-state index is -0.792. The Morgan fingerprint density at radius 1 is 1.31 bits per heavy atom. The van der Waals surface area contributed by atoms with Crippen LogP contribution in [0.2, 0.25) is 0 Å². The number of hydrogen-bond acceptors (Lipinski definition) is 6. The highest BCUT2D eigenvalue weighted by atomic mass is 16.5. The number of carbonyl (C=O) groups excluding carboxylic acids is 2. The van der Waals surface area contributed by atoms with Crippen LogP contribution >= 0.6 is 0 Å². The summed E-state index contributed by atoms with van der Waals surface area (Å²) < 4.78 is 7.56. The molecule has 0 aliphatic heterocycles. The van der Waals surface area contributed by atoms with Crippen LogP contribution in [0.25, 0.3) is 6.20 Å². The van der Waals surface area contributed by atoms with Crippen molar-refractivity contribution in [2.24, 2.45) is 34.8 Å². The monoisotopic (exact) mass is 487 g/mol. The highest BCUT2D eigenvalue weighted by Gasteiger charge is 2.55. The molecule has 0 radical (unpaired) electrons. The molecule has 1 aromatic heterocycles. The van der Waals surface area contributed by atoms with Gasteiger partial charge in [0.2, 0.25) is 11.8 Å². The molecule has 5 N–H and O–H groups in total. The van der Waals surface area contributed by atoms with Gasteiger partial charge in [0.1, 0.15) is 5.56 Å². The van der Waals surface area contributed by atoms with Gasteiger partial charge in [-0.3, -0.25) is 9.59 Å². The molecule has 35 heavy (non-hydrogen) atoms. The maximum Gasteiger partial charge on any atom is 0.258 e. The average molecular weight is 488 g/mol. The lowest BCUT2D eigenvalue weighted by Gasteiger charge is -2.58. The molecule has 4 aliphatic carbocycles. The first-order chi connectivity index (χ1) is 16.5. The van der Waals surface area contributed by atoms with Crippen molar-refractivity contribution >= 4 is 18.0 Å². The van der Waals surface area contributed by atoms with Crippen molar-refractivity contribution in [1.29, 1.82) is 0 Å². The van der Waals surface area contributed by atoms with E-state index in [2.05, 4.69) is 15.7 Å². The number of amides is 2. The Bertz CT molecular complexity index is 953. The number of aliphatic hydroxyl groups is 1. The van der Waals surface area contributed by atoms with E-state index in [1.54, 1.807) is 26.1 Å². The minimum absolute atomic E-state index is 0.0707. The van der Waals surface area contributed by atoms with Gasteiger partial charge in [0.15, 0.2) is 0 Å². The molecule has 2 unspecified atom stereocenters. The number of rotatable bonds is 10. The Balaban J connectivity index is 1.51. The number of carbonyl (C=O) groups is 2. The van der Waals surface area contributed by atoms with Gasteiger partial charge in [-0.15, -0.1) is 0 Å². The van der Waals surface area contributed by atoms with Crippen molar-refractivity contribution in [3.63, 3.8) is 0 Å². The molecule has 4 aliphatic rings. The highest BCUT2D eigenvalue weighted by molar-refractivity contribution is 5.96. The zero-order chi connectivity index (χ0) is 25.4. The van der Waals surface area contributed by atoms with Crippen molar-refractivity contribution in [2.45, 2.75) is 71.4 Å². The van der Waals surface area contributed by atoms with Crippen LogP contribution in [-0.4, -0.2) is 58.0 Å². The van der Waals surface area contributed by atoms with Gasteiger partial charge < -0.3 is 26.2 Å². The molecule has 0 spiro atoms. The summed E-state index contributed by atoms with van der Waals surface area (Å²) in [4.78, 5) is 25.9. The lowest BCUT2D eigenvalue weighted by Crippen LogP contribution is -2.61. The molecule has 9 nitrogen and oxygen atoms in total. The van der Waals surface area contributed by atoms with Crippen molar-refractivity contribution in [1.82, 2.24) is 20.4 Å². The number of aromatic nitrogens is 2. The lowest BCUT2D eigenvalue weighted by atomic mass is 9.52. The molecular weight excluding hydrogens is 446 g/mol. The van der Waals surface area contributed by atoms with Crippen LogP contribution in [0.1, 0.15) is 70.2 Å². The van der Waals surface area contributed by atoms with Crippen molar-refractivity contribution in [3.05, 3.63) is 17.8 Å². The number of nitrogens with two attached hydrogens (primary N) is 1. The molecule has 194 valence electrons. The summed E-state index contributed by atoms with van der Waals surface area (Å²) in [6.07, 6.45) is 9.54. The maximum atomic E-state index is 13.4. The quantitative estimate of drug-likeness (QED) is 0.400. The summed E-state index contributed by atoms with van der Waals surface area (Å²) in [5.74, 6) is 1.50. The zero-order valence-electron chi connectivity index (χ0n) is 21.4. The molecule has 9 heteroatoms. The summed E-state index contributed by atoms with van der Waals surface area (Å²) in [6.45, 7) is 8.92. The van der Waals surface area contributed by atoms with E-state index >= 15 is 0 Å². The fraction of sp³-hybridized carbons (Fsp3) is 0.731. The van der Waals surface area contributed by atoms with Crippen LogP contribution in [0.4, 0.5) is 0 Å². The Morgan fingerprint density at radius 3 is 2.60 bits per heavy atom. The van der Waals surface area contributed by atoms with Gasteiger partial charge in [-0.05, 0) is 69.6 Å². The third-order valence-corrected chi connectivity index (χ3v) is 7.73. The first-order valence-corrected chi connectivity index (χ1v) is 12.9. The van der Waals surface area contributed by atoms with Gasteiger partial charge in [0.25, 0.3) is 5.91 Å². The van der Waals surface area contributed by atoms with E-state index in [1.165, 1.54) is 10.9 Å². The van der Waals surface area contributed by atoms with E-state index in [0.29, 0.717) is 48.9 Å². The van der Waals surface area contributed by atoms with Crippen LogP contribution in [0, 0.1) is 29.1 Å². The lowest BCUT2D eigenvalue weighted by molar-refractivity contribution is -0.137. The van der Waals surface area contributed by atoms with Crippen LogP contribution in [0.15, 0.2) is 12.3 Å². The van der Waals surface area contributed by atoms with Crippen molar-refractivity contribution in [2.75, 3.05) is 19.7 Å². The second-order valence-corrected chi connectivity index (χ2v) is 11.8. The number of nitrogens with zero attached hydrogens (tertiary/aromatic N) is 2. The third kappa shape index (κ3) is 5.56. The molecule has 4 fully saturated rings. The fourth-order valence-electron chi connectivity index (χ4n) is 6.19. The van der Waals surface area contributed by atoms with Crippen LogP contribution in [0.5, 0.6) is 5.88 Å². The topological polar surface area (TPSA) is 132 Å². The minimum Gasteiger partial charge on any atom is -0.477 e. The molecule has 4 bridgehead atoms. The van der Waals surface area contributed by atoms with E-state index in [4.69, 9.17) is 10.5 Å². The summed E-state index contributed by atoms with van der Waals surface area (Å²) in [5, 5.41) is 21.3. The molecule has 2 amide bonds. The molecular formula is C26H41N5O4. The predicted octanol–water partition coefficient (Wildman–Crippen LogP) is 2.16. The van der Waals surface area contributed by atoms with Crippen LogP contribution in [0.3, 0.4) is 0 Å². The van der Waals surface area contributed by atoms with E-state index in [1.807, 2.05) is 13.8 Å². The number of nitrogens with one attached hydrogen (secondary N) is 2. The van der Waals surface area contributed by atoms with E-state index in [-0.39, 0.29) is 23.8 Å². The second-order valence-electron chi connectivity index (χ2n) is 11.8. The van der Waals surface area contributed by atoms with Gasteiger partial charge in [-0.25, -0.2) is 4.68 Å². The first kappa shape index (κ1) is 25.7. The standard InChI is InChI=1S/C26H41N5O4/c1-16(2)15-35-23-20(14-29-31(23)8-5-25(3,4)24(33)28-7-6-27)22(32)30-21-18-9-17-10-19(21)13-26(34,11-17)12-18/h5,8,14,16-19,21,34H,6-7,9-13,15,27H2,1-4H3,(H,28,33)(H,30,32). The molecule has 4 saturated carbocycles. The molecule has 1 heterocycles. The van der Waals surface area contributed by atoms with Gasteiger partial charge in [-0.2, -0.15) is 5.10 Å². The first-order valence-electron chi connectivity index (χ1n) is 12.9. The summed E-state index contributed by atoms with van der Waals surface area (Å²) in [6, 6.07) is 0.0707. The molecule has 5 rings (SSSR count). The number of hydrogen-bond donors (Lipinski definition) is 4. The van der Waals surface area contributed by atoms with Crippen molar-refractivity contribution in [3.8, 4) is 5.88 Å². The maximum absolute atomic E-state index is 13.4. The molecule has 2 atom stereocenters. The highest BCUT2D eigenvalue weighted by Crippen LogP contribution is 2.55. The summed E-state index contributed by atoms with van der Waals surface area (Å²) >= 11 is 0. The third-order valence-electron chi connectivity index (χ3n) is 7.73. The smallest absolute Gasteiger partial charge is 0.258 e. The van der Waals surface area contributed by atoms with E-state index in [9.17, 15) is 14.7 Å². The van der Waals surface area contributed by atoms with Gasteiger partial charge >= 0.3 is 0 Å². The van der Waals surface area contributed by atoms with Gasteiger partial charge in [0, 0.05) is 25.3 Å². The number of ether oxygens (including phenoxy) is 1. The summed E-state index contributed by atoms with van der Waals surface area (Å²) in [7, 11) is 0. The molecule has 0 saturated heterocycles. The Morgan fingerprint density at radius 2 is 2.00 bits per heavy atom. The predicted molar refractivity (Wildman–Crippen MR) is 133 cm³/mol. The van der Waals surface area contributed by atoms with Gasteiger partial charge in [0.05, 0.1) is 23.8 Å². The molecule has 1 aromatic rings. The summed E-state index contributed by atoms with van der Waals surface area (Å²) in [5.41, 5.74) is 4.54. The largest absolute Gasteiger partial charge is 0.477 e. The van der Waals surface area contributed by atoms with Gasteiger partial charge in [-0.1, -0.05) is 19.9 Å². The Hall–Kier alpha value is -2.39. The van der Waals surface area contributed by atoms with E-state index < -0.39 is 11.0 Å². The normalized spacial score (nSPS) is 29.7.